The summed E-state index contributed by atoms with van der Waals surface area (Å²) in [4.78, 5) is 28.4. The van der Waals surface area contributed by atoms with Gasteiger partial charge in [0.1, 0.15) is 11.6 Å². The average molecular weight is 537 g/mol. The molecule has 0 saturated carbocycles. The largest absolute Gasteiger partial charge is 0.351 e. The standard InChI is InChI=1S/C26H28N6O3S2/c1-16-14-26(3,4)32(15-16)24-19(7-6-12-27-24)25(33)31-37(34,35)23-9-5-8-22(30-23)29-18-10-11-21-20(13-18)28-17(2)36-21/h5-13,16H,14-15H2,1-4H3,(H,29,30)(H,31,33). The Kier molecular flexibility index (Phi) is 6.36. The molecule has 1 saturated heterocycles. The Morgan fingerprint density at radius 3 is 2.70 bits per heavy atom. The van der Waals surface area contributed by atoms with E-state index < -0.39 is 15.9 Å². The zero-order chi connectivity index (χ0) is 26.4. The van der Waals surface area contributed by atoms with Crippen molar-refractivity contribution in [2.24, 2.45) is 5.92 Å². The monoisotopic (exact) mass is 536 g/mol. The summed E-state index contributed by atoms with van der Waals surface area (Å²) in [5.41, 5.74) is 1.58. The summed E-state index contributed by atoms with van der Waals surface area (Å²) in [6.07, 6.45) is 2.56. The molecule has 4 heterocycles. The van der Waals surface area contributed by atoms with Gasteiger partial charge < -0.3 is 10.2 Å². The summed E-state index contributed by atoms with van der Waals surface area (Å²) < 4.78 is 29.5. The maximum absolute atomic E-state index is 13.2. The molecule has 1 unspecified atom stereocenters. The van der Waals surface area contributed by atoms with E-state index in [4.69, 9.17) is 0 Å². The Hall–Kier alpha value is -3.57. The van der Waals surface area contributed by atoms with Crippen molar-refractivity contribution in [2.45, 2.75) is 44.7 Å². The van der Waals surface area contributed by atoms with Gasteiger partial charge in [0.15, 0.2) is 5.03 Å². The summed E-state index contributed by atoms with van der Waals surface area (Å²) in [5.74, 6) is 0.483. The number of aromatic nitrogens is 3. The fourth-order valence-corrected chi connectivity index (χ4v) is 6.62. The van der Waals surface area contributed by atoms with E-state index in [-0.39, 0.29) is 16.1 Å². The molecule has 4 aromatic rings. The number of benzene rings is 1. The number of nitrogens with one attached hydrogen (secondary N) is 2. The van der Waals surface area contributed by atoms with Crippen molar-refractivity contribution >= 4 is 54.8 Å². The number of anilines is 3. The van der Waals surface area contributed by atoms with Gasteiger partial charge in [-0.25, -0.2) is 19.7 Å². The molecule has 5 rings (SSSR count). The number of nitrogens with zero attached hydrogens (tertiary/aromatic N) is 4. The average Bonchev–Trinajstić information content (AvgIpc) is 3.34. The van der Waals surface area contributed by atoms with E-state index in [1.807, 2.05) is 25.1 Å². The molecular weight excluding hydrogens is 508 g/mol. The molecule has 0 bridgehead atoms. The highest BCUT2D eigenvalue weighted by atomic mass is 32.2. The lowest BCUT2D eigenvalue weighted by molar-refractivity contribution is 0.0981. The van der Waals surface area contributed by atoms with E-state index in [9.17, 15) is 13.2 Å². The number of carbonyl (C=O) groups excluding carboxylic acids is 1. The van der Waals surface area contributed by atoms with Crippen LogP contribution in [0.4, 0.5) is 17.3 Å². The first kappa shape index (κ1) is 25.1. The number of amides is 1. The molecule has 0 spiro atoms. The number of aryl methyl sites for hydroxylation is 1. The van der Waals surface area contributed by atoms with Gasteiger partial charge >= 0.3 is 0 Å². The fraction of sp³-hybridized carbons (Fsp3) is 0.308. The SMILES string of the molecule is Cc1nc2cc(Nc3cccc(S(=O)(=O)NC(=O)c4cccnc4N4CC(C)CC4(C)C)n3)ccc2s1. The summed E-state index contributed by atoms with van der Waals surface area (Å²) in [7, 11) is -4.24. The Bertz CT molecular complexity index is 1600. The highest BCUT2D eigenvalue weighted by molar-refractivity contribution is 7.90. The van der Waals surface area contributed by atoms with Crippen LogP contribution in [-0.4, -0.2) is 41.4 Å². The molecule has 1 aromatic carbocycles. The molecule has 192 valence electrons. The van der Waals surface area contributed by atoms with E-state index in [2.05, 4.69) is 50.7 Å². The molecular formula is C26H28N6O3S2. The molecule has 11 heteroatoms. The second-order valence-electron chi connectivity index (χ2n) is 9.94. The van der Waals surface area contributed by atoms with E-state index in [0.717, 1.165) is 33.9 Å². The quantitative estimate of drug-likeness (QED) is 0.358. The lowest BCUT2D eigenvalue weighted by Gasteiger charge is -2.33. The Balaban J connectivity index is 1.37. The van der Waals surface area contributed by atoms with Gasteiger partial charge in [-0.3, -0.25) is 4.79 Å². The van der Waals surface area contributed by atoms with Crippen molar-refractivity contribution in [3.05, 3.63) is 65.3 Å². The van der Waals surface area contributed by atoms with Gasteiger partial charge in [-0.1, -0.05) is 13.0 Å². The third kappa shape index (κ3) is 5.14. The maximum Gasteiger partial charge on any atom is 0.281 e. The maximum atomic E-state index is 13.2. The molecule has 0 aliphatic carbocycles. The van der Waals surface area contributed by atoms with Gasteiger partial charge in [-0.2, -0.15) is 8.42 Å². The van der Waals surface area contributed by atoms with E-state index >= 15 is 0 Å². The molecule has 1 aliphatic heterocycles. The smallest absolute Gasteiger partial charge is 0.281 e. The van der Waals surface area contributed by atoms with Gasteiger partial charge in [-0.05, 0) is 75.6 Å². The number of fused-ring (bicyclic) bond motifs is 1. The zero-order valence-electron chi connectivity index (χ0n) is 21.0. The van der Waals surface area contributed by atoms with Gasteiger partial charge in [0, 0.05) is 24.0 Å². The predicted octanol–water partition coefficient (Wildman–Crippen LogP) is 4.88. The van der Waals surface area contributed by atoms with Gasteiger partial charge in [-0.15, -0.1) is 11.3 Å². The second kappa shape index (κ2) is 9.38. The number of rotatable bonds is 6. The van der Waals surface area contributed by atoms with Crippen LogP contribution in [0.1, 0.15) is 42.6 Å². The normalized spacial score (nSPS) is 17.2. The molecule has 1 aliphatic rings. The van der Waals surface area contributed by atoms with Crippen molar-refractivity contribution in [3.8, 4) is 0 Å². The third-order valence-electron chi connectivity index (χ3n) is 6.35. The Morgan fingerprint density at radius 1 is 1.14 bits per heavy atom. The second-order valence-corrected chi connectivity index (χ2v) is 12.8. The first-order chi connectivity index (χ1) is 17.5. The topological polar surface area (TPSA) is 117 Å². The number of sulfonamides is 1. The summed E-state index contributed by atoms with van der Waals surface area (Å²) in [6, 6.07) is 13.5. The van der Waals surface area contributed by atoms with Crippen molar-refractivity contribution in [2.75, 3.05) is 16.8 Å². The lowest BCUT2D eigenvalue weighted by atomic mass is 9.97. The van der Waals surface area contributed by atoms with Crippen LogP contribution in [-0.2, 0) is 10.0 Å². The Labute approximate surface area is 220 Å². The van der Waals surface area contributed by atoms with Gasteiger partial charge in [0.2, 0.25) is 0 Å². The number of carbonyl (C=O) groups is 1. The van der Waals surface area contributed by atoms with Crippen molar-refractivity contribution in [3.63, 3.8) is 0 Å². The molecule has 2 N–H and O–H groups in total. The highest BCUT2D eigenvalue weighted by Gasteiger charge is 2.39. The fourth-order valence-electron chi connectivity index (χ4n) is 4.88. The molecule has 3 aromatic heterocycles. The molecule has 9 nitrogen and oxygen atoms in total. The summed E-state index contributed by atoms with van der Waals surface area (Å²) >= 11 is 1.60. The predicted molar refractivity (Wildman–Crippen MR) is 146 cm³/mol. The summed E-state index contributed by atoms with van der Waals surface area (Å²) in [5, 5.41) is 3.82. The first-order valence-electron chi connectivity index (χ1n) is 11.9. The van der Waals surface area contributed by atoms with Gasteiger partial charge in [0.05, 0.1) is 20.8 Å². The van der Waals surface area contributed by atoms with Crippen LogP contribution in [0.2, 0.25) is 0 Å². The lowest BCUT2D eigenvalue weighted by Crippen LogP contribution is -2.41. The van der Waals surface area contributed by atoms with Crippen molar-refractivity contribution in [1.82, 2.24) is 19.7 Å². The highest BCUT2D eigenvalue weighted by Crippen LogP contribution is 2.37. The van der Waals surface area contributed by atoms with Crippen LogP contribution in [0.15, 0.2) is 59.8 Å². The molecule has 1 fully saturated rings. The first-order valence-corrected chi connectivity index (χ1v) is 14.2. The van der Waals surface area contributed by atoms with Crippen molar-refractivity contribution < 1.29 is 13.2 Å². The summed E-state index contributed by atoms with van der Waals surface area (Å²) in [6.45, 7) is 9.03. The van der Waals surface area contributed by atoms with E-state index in [0.29, 0.717) is 17.6 Å². The number of hydrogen-bond acceptors (Lipinski definition) is 9. The van der Waals surface area contributed by atoms with Crippen LogP contribution < -0.4 is 14.9 Å². The van der Waals surface area contributed by atoms with Crippen LogP contribution >= 0.6 is 11.3 Å². The third-order valence-corrected chi connectivity index (χ3v) is 8.54. The van der Waals surface area contributed by atoms with Gasteiger partial charge in [0.25, 0.3) is 15.9 Å². The minimum absolute atomic E-state index is 0.203. The minimum atomic E-state index is -4.24. The number of thiazole rings is 1. The number of pyridine rings is 2. The van der Waals surface area contributed by atoms with Crippen LogP contribution in [0, 0.1) is 12.8 Å². The molecule has 0 radical (unpaired) electrons. The molecule has 37 heavy (non-hydrogen) atoms. The number of hydrogen-bond donors (Lipinski definition) is 2. The molecule has 1 amide bonds. The molecule has 1 atom stereocenters. The van der Waals surface area contributed by atoms with Crippen LogP contribution in [0.25, 0.3) is 10.2 Å². The zero-order valence-corrected chi connectivity index (χ0v) is 22.7. The minimum Gasteiger partial charge on any atom is -0.351 e. The van der Waals surface area contributed by atoms with E-state index in [1.54, 1.807) is 41.8 Å². The van der Waals surface area contributed by atoms with Crippen LogP contribution in [0.3, 0.4) is 0 Å². The van der Waals surface area contributed by atoms with E-state index in [1.165, 1.54) is 6.07 Å². The Morgan fingerprint density at radius 2 is 1.95 bits per heavy atom. The van der Waals surface area contributed by atoms with Crippen molar-refractivity contribution in [1.29, 1.82) is 0 Å². The van der Waals surface area contributed by atoms with Crippen LogP contribution in [0.5, 0.6) is 0 Å².